The second kappa shape index (κ2) is 10.0. The fraction of sp³-hybridized carbons (Fsp3) is 0.345. The molecule has 10 heteroatoms. The summed E-state index contributed by atoms with van der Waals surface area (Å²) in [6.07, 6.45) is 5.85. The molecule has 0 amide bonds. The number of hydrogen-bond donors (Lipinski definition) is 1. The molecule has 0 aliphatic heterocycles. The van der Waals surface area contributed by atoms with Crippen LogP contribution in [0.1, 0.15) is 54.5 Å². The predicted octanol–water partition coefficient (Wildman–Crippen LogP) is 5.22. The van der Waals surface area contributed by atoms with Gasteiger partial charge in [-0.15, -0.1) is 0 Å². The van der Waals surface area contributed by atoms with Crippen LogP contribution in [-0.2, 0) is 11.3 Å². The van der Waals surface area contributed by atoms with Crippen LogP contribution in [0.3, 0.4) is 0 Å². The van der Waals surface area contributed by atoms with E-state index < -0.39 is 5.97 Å². The molecule has 0 spiro atoms. The minimum Gasteiger partial charge on any atom is -0.482 e. The van der Waals surface area contributed by atoms with Gasteiger partial charge in [0.25, 0.3) is 0 Å². The van der Waals surface area contributed by atoms with Gasteiger partial charge >= 0.3 is 5.97 Å². The maximum atomic E-state index is 12.5. The van der Waals surface area contributed by atoms with Crippen LogP contribution in [0.2, 0.25) is 0 Å². The fourth-order valence-corrected chi connectivity index (χ4v) is 4.97. The highest BCUT2D eigenvalue weighted by molar-refractivity contribution is 5.91. The van der Waals surface area contributed by atoms with Gasteiger partial charge in [-0.25, -0.2) is 24.7 Å². The van der Waals surface area contributed by atoms with Crippen molar-refractivity contribution in [2.24, 2.45) is 5.92 Å². The second-order valence-electron chi connectivity index (χ2n) is 9.92. The molecule has 0 bridgehead atoms. The molecule has 5 aromatic rings. The van der Waals surface area contributed by atoms with E-state index in [1.807, 2.05) is 17.4 Å². The van der Waals surface area contributed by atoms with Gasteiger partial charge in [0.15, 0.2) is 5.88 Å². The molecule has 0 unspecified atom stereocenters. The number of nitrogens with one attached hydrogen (secondary N) is 1. The van der Waals surface area contributed by atoms with Crippen molar-refractivity contribution in [1.29, 1.82) is 0 Å². The number of fused-ring (bicyclic) bond motifs is 2. The molecule has 1 fully saturated rings. The Hall–Kier alpha value is -4.47. The highest BCUT2D eigenvalue weighted by Crippen LogP contribution is 2.37. The van der Waals surface area contributed by atoms with Gasteiger partial charge in [-0.05, 0) is 69.9 Å². The maximum absolute atomic E-state index is 12.5. The Kier molecular flexibility index (Phi) is 6.38. The predicted molar refractivity (Wildman–Crippen MR) is 148 cm³/mol. The van der Waals surface area contributed by atoms with E-state index in [-0.39, 0.29) is 6.04 Å². The van der Waals surface area contributed by atoms with Crippen molar-refractivity contribution < 1.29 is 14.3 Å². The topological polar surface area (TPSA) is 108 Å². The van der Waals surface area contributed by atoms with E-state index in [0.717, 1.165) is 40.4 Å². The van der Waals surface area contributed by atoms with E-state index in [1.165, 1.54) is 12.8 Å². The zero-order chi connectivity index (χ0) is 27.1. The maximum Gasteiger partial charge on any atom is 0.338 e. The average Bonchev–Trinajstić information content (AvgIpc) is 3.62. The fourth-order valence-electron chi connectivity index (χ4n) is 4.97. The average molecular weight is 526 g/mol. The number of nitrogens with zero attached hydrogens (tertiary/aromatic N) is 6. The SMILES string of the molecule is CCOC(=O)c1cc(OC)n2c(C)c(-c3cc4ccc([C@@H](C)Nc5ncccn5)nc4n3CC3CC3)nc2c1. The van der Waals surface area contributed by atoms with Crippen molar-refractivity contribution in [2.45, 2.75) is 46.2 Å². The van der Waals surface area contributed by atoms with Crippen molar-refractivity contribution in [3.8, 4) is 17.3 Å². The molecule has 0 saturated heterocycles. The van der Waals surface area contributed by atoms with Crippen LogP contribution in [0, 0.1) is 12.8 Å². The second-order valence-corrected chi connectivity index (χ2v) is 9.92. The summed E-state index contributed by atoms with van der Waals surface area (Å²) in [5.74, 6) is 1.32. The largest absolute Gasteiger partial charge is 0.482 e. The van der Waals surface area contributed by atoms with Crippen LogP contribution in [-0.4, -0.2) is 48.6 Å². The first-order valence-electron chi connectivity index (χ1n) is 13.2. The number of carbonyl (C=O) groups is 1. The Morgan fingerprint density at radius 3 is 2.67 bits per heavy atom. The zero-order valence-corrected chi connectivity index (χ0v) is 22.5. The lowest BCUT2D eigenvalue weighted by Crippen LogP contribution is -2.11. The lowest BCUT2D eigenvalue weighted by molar-refractivity contribution is 0.0526. The monoisotopic (exact) mass is 525 g/mol. The summed E-state index contributed by atoms with van der Waals surface area (Å²) in [5, 5.41) is 4.38. The van der Waals surface area contributed by atoms with Crippen molar-refractivity contribution in [2.75, 3.05) is 19.0 Å². The number of anilines is 1. The molecular formula is C29H31N7O3. The molecule has 1 N–H and O–H groups in total. The molecule has 1 aliphatic rings. The van der Waals surface area contributed by atoms with Gasteiger partial charge in [0, 0.05) is 30.4 Å². The number of esters is 1. The summed E-state index contributed by atoms with van der Waals surface area (Å²) in [6.45, 7) is 7.03. The summed E-state index contributed by atoms with van der Waals surface area (Å²) in [5.41, 5.74) is 5.62. The molecule has 1 atom stereocenters. The summed E-state index contributed by atoms with van der Waals surface area (Å²) in [4.78, 5) is 31.1. The number of imidazole rings is 1. The third-order valence-electron chi connectivity index (χ3n) is 7.14. The molecule has 0 aromatic carbocycles. The first-order valence-corrected chi connectivity index (χ1v) is 13.2. The molecule has 5 heterocycles. The van der Waals surface area contributed by atoms with Gasteiger partial charge in [0.05, 0.1) is 42.4 Å². The van der Waals surface area contributed by atoms with E-state index in [1.54, 1.807) is 44.6 Å². The van der Waals surface area contributed by atoms with Crippen LogP contribution < -0.4 is 10.1 Å². The van der Waals surface area contributed by atoms with Gasteiger partial charge in [-0.2, -0.15) is 0 Å². The Labute approximate surface area is 226 Å². The van der Waals surface area contributed by atoms with Crippen LogP contribution in [0.25, 0.3) is 28.1 Å². The highest BCUT2D eigenvalue weighted by atomic mass is 16.5. The van der Waals surface area contributed by atoms with Gasteiger partial charge in [0.2, 0.25) is 5.95 Å². The third kappa shape index (κ3) is 4.67. The van der Waals surface area contributed by atoms with Gasteiger partial charge < -0.3 is 19.4 Å². The number of rotatable bonds is 9. The highest BCUT2D eigenvalue weighted by Gasteiger charge is 2.27. The van der Waals surface area contributed by atoms with E-state index >= 15 is 0 Å². The third-order valence-corrected chi connectivity index (χ3v) is 7.14. The van der Waals surface area contributed by atoms with Crippen molar-refractivity contribution in [3.05, 3.63) is 65.7 Å². The molecule has 1 saturated carbocycles. The number of carbonyl (C=O) groups excluding carboxylic acids is 1. The van der Waals surface area contributed by atoms with E-state index in [4.69, 9.17) is 19.4 Å². The minimum atomic E-state index is -0.399. The Bertz CT molecular complexity index is 1670. The number of aryl methyl sites for hydroxylation is 1. The molecular weight excluding hydrogens is 494 g/mol. The lowest BCUT2D eigenvalue weighted by atomic mass is 10.2. The Morgan fingerprint density at radius 2 is 1.95 bits per heavy atom. The smallest absolute Gasteiger partial charge is 0.338 e. The molecule has 5 aromatic heterocycles. The molecule has 39 heavy (non-hydrogen) atoms. The number of methoxy groups -OCH3 is 1. The van der Waals surface area contributed by atoms with Crippen LogP contribution in [0.15, 0.2) is 48.8 Å². The zero-order valence-electron chi connectivity index (χ0n) is 22.5. The Balaban J connectivity index is 1.46. The molecule has 10 nitrogen and oxygen atoms in total. The standard InChI is InChI=1S/C29H31N7O3/c1-5-39-28(37)21-14-24-34-26(18(3)36(24)25(15-21)38-4)23-13-20-9-10-22(17(2)32-29-30-11-6-12-31-29)33-27(20)35(23)16-19-7-8-19/h6,9-15,17,19H,5,7-8,16H2,1-4H3,(H,30,31,32)/t17-/m1/s1. The molecule has 200 valence electrons. The number of hydrogen-bond acceptors (Lipinski definition) is 8. The quantitative estimate of drug-likeness (QED) is 0.261. The van der Waals surface area contributed by atoms with Crippen LogP contribution in [0.5, 0.6) is 5.88 Å². The Morgan fingerprint density at radius 1 is 1.15 bits per heavy atom. The van der Waals surface area contributed by atoms with Gasteiger partial charge in [0.1, 0.15) is 17.0 Å². The first kappa shape index (κ1) is 24.8. The summed E-state index contributed by atoms with van der Waals surface area (Å²) in [7, 11) is 1.59. The van der Waals surface area contributed by atoms with Crippen LogP contribution in [0.4, 0.5) is 5.95 Å². The van der Waals surface area contributed by atoms with Crippen LogP contribution >= 0.6 is 0 Å². The summed E-state index contributed by atoms with van der Waals surface area (Å²) < 4.78 is 15.1. The van der Waals surface area contributed by atoms with E-state index in [2.05, 4.69) is 38.9 Å². The van der Waals surface area contributed by atoms with Crippen molar-refractivity contribution in [3.63, 3.8) is 0 Å². The van der Waals surface area contributed by atoms with Gasteiger partial charge in [-0.1, -0.05) is 0 Å². The number of pyridine rings is 2. The van der Waals surface area contributed by atoms with Gasteiger partial charge in [-0.3, -0.25) is 4.40 Å². The number of ether oxygens (including phenoxy) is 2. The first-order chi connectivity index (χ1) is 19.0. The summed E-state index contributed by atoms with van der Waals surface area (Å²) in [6, 6.07) is 11.5. The molecule has 6 rings (SSSR count). The number of aromatic nitrogens is 6. The molecule has 1 aliphatic carbocycles. The summed E-state index contributed by atoms with van der Waals surface area (Å²) >= 11 is 0. The van der Waals surface area contributed by atoms with E-state index in [0.29, 0.717) is 35.6 Å². The lowest BCUT2D eigenvalue weighted by Gasteiger charge is -2.14. The molecule has 0 radical (unpaired) electrons. The normalized spacial score (nSPS) is 14.1. The van der Waals surface area contributed by atoms with Crippen molar-refractivity contribution >= 4 is 28.6 Å². The minimum absolute atomic E-state index is 0.0768. The van der Waals surface area contributed by atoms with E-state index in [9.17, 15) is 4.79 Å². The van der Waals surface area contributed by atoms with Crippen molar-refractivity contribution in [1.82, 2.24) is 28.9 Å².